The predicted octanol–water partition coefficient (Wildman–Crippen LogP) is 2.63. The Balaban J connectivity index is 1.67. The van der Waals surface area contributed by atoms with E-state index in [0.29, 0.717) is 48.8 Å². The topological polar surface area (TPSA) is 117 Å². The summed E-state index contributed by atoms with van der Waals surface area (Å²) in [6.45, 7) is 6.40. The molecule has 2 aliphatic heterocycles. The predicted molar refractivity (Wildman–Crippen MR) is 125 cm³/mol. The summed E-state index contributed by atoms with van der Waals surface area (Å²) in [5.41, 5.74) is -0.425. The molecule has 0 radical (unpaired) electrons. The third-order valence-corrected chi connectivity index (χ3v) is 6.07. The lowest BCUT2D eigenvalue weighted by atomic mass is 9.88. The lowest BCUT2D eigenvalue weighted by Crippen LogP contribution is -2.47. The lowest BCUT2D eigenvalue weighted by Gasteiger charge is -2.39. The third kappa shape index (κ3) is 6.51. The number of carbonyl (C=O) groups is 3. The van der Waals surface area contributed by atoms with Crippen LogP contribution in [0.5, 0.6) is 5.75 Å². The molecule has 1 unspecified atom stereocenters. The van der Waals surface area contributed by atoms with Crippen molar-refractivity contribution >= 4 is 40.8 Å². The summed E-state index contributed by atoms with van der Waals surface area (Å²) < 4.78 is 10.9. The van der Waals surface area contributed by atoms with Gasteiger partial charge in [0.25, 0.3) is 0 Å². The molecule has 10 heteroatoms. The highest BCUT2D eigenvalue weighted by Gasteiger charge is 2.37. The van der Waals surface area contributed by atoms with Crippen LogP contribution in [0.25, 0.3) is 0 Å². The number of aliphatic hydroxyl groups is 1. The van der Waals surface area contributed by atoms with Crippen molar-refractivity contribution in [3.05, 3.63) is 17.2 Å². The van der Waals surface area contributed by atoms with Crippen LogP contribution in [-0.2, 0) is 19.1 Å². The Morgan fingerprint density at radius 1 is 1.30 bits per heavy atom. The number of nitrogens with zero attached hydrogens (tertiary/aromatic N) is 1. The summed E-state index contributed by atoms with van der Waals surface area (Å²) in [4.78, 5) is 37.7. The Bertz CT molecular complexity index is 922. The molecule has 9 nitrogen and oxygen atoms in total. The summed E-state index contributed by atoms with van der Waals surface area (Å²) >= 11 is 6.57. The highest BCUT2D eigenvalue weighted by molar-refractivity contribution is 6.33. The molecule has 2 fully saturated rings. The quantitative estimate of drug-likeness (QED) is 0.419. The first-order chi connectivity index (χ1) is 15.4. The van der Waals surface area contributed by atoms with Crippen molar-refractivity contribution in [2.75, 3.05) is 30.4 Å². The number of carbonyl (C=O) groups excluding carboxylic acids is 3. The van der Waals surface area contributed by atoms with E-state index < -0.39 is 23.2 Å². The highest BCUT2D eigenvalue weighted by Crippen LogP contribution is 2.39. The van der Waals surface area contributed by atoms with Crippen LogP contribution in [0.3, 0.4) is 0 Å². The number of esters is 1. The third-order valence-electron chi connectivity index (χ3n) is 5.77. The normalized spacial score (nSPS) is 20.8. The van der Waals surface area contributed by atoms with Gasteiger partial charge < -0.3 is 24.8 Å². The molecule has 182 valence electrons. The lowest BCUT2D eigenvalue weighted by molar-refractivity contribution is -0.161. The fourth-order valence-electron chi connectivity index (χ4n) is 4.07. The van der Waals surface area contributed by atoms with Crippen molar-refractivity contribution < 1.29 is 29.0 Å². The molecule has 1 aromatic carbocycles. The van der Waals surface area contributed by atoms with Crippen LogP contribution in [0.1, 0.15) is 52.9 Å². The maximum atomic E-state index is 12.2. The van der Waals surface area contributed by atoms with Crippen LogP contribution >= 0.6 is 11.6 Å². The molecule has 0 aromatic heterocycles. The second kappa shape index (κ2) is 9.77. The van der Waals surface area contributed by atoms with Crippen molar-refractivity contribution in [1.29, 1.82) is 0 Å². The van der Waals surface area contributed by atoms with E-state index in [0.717, 1.165) is 5.69 Å². The molecule has 0 aliphatic carbocycles. The molecule has 0 spiro atoms. The number of halogens is 1. The summed E-state index contributed by atoms with van der Waals surface area (Å²) in [5.74, 6) is -0.570. The van der Waals surface area contributed by atoms with Crippen molar-refractivity contribution in [2.24, 2.45) is 0 Å². The summed E-state index contributed by atoms with van der Waals surface area (Å²) in [6.07, 6.45) is 1.37. The van der Waals surface area contributed by atoms with Crippen LogP contribution < -0.4 is 20.3 Å². The molecule has 1 aromatic rings. The molecule has 2 aliphatic rings. The molecule has 0 saturated carbocycles. The standard InChI is InChI=1S/C23H32ClN3O6/c1-22(2,3)33-20(29)13-23(31)7-9-27(10-8-23)17-12-18(32-4)16(11-14(17)24)25-15-5-6-19(28)26-21(15)30/h11-12,15,25,31H,5-10,13H2,1-4H3,(H,26,28,30). The molecule has 3 rings (SSSR count). The van der Waals surface area contributed by atoms with E-state index in [1.807, 2.05) is 4.90 Å². The minimum Gasteiger partial charge on any atom is -0.495 e. The zero-order valence-corrected chi connectivity index (χ0v) is 20.3. The first kappa shape index (κ1) is 25.1. The van der Waals surface area contributed by atoms with E-state index in [9.17, 15) is 19.5 Å². The van der Waals surface area contributed by atoms with Crippen LogP contribution in [0.4, 0.5) is 11.4 Å². The maximum Gasteiger partial charge on any atom is 0.309 e. The number of rotatable bonds is 6. The van der Waals surface area contributed by atoms with Gasteiger partial charge in [0.05, 0.1) is 35.5 Å². The zero-order chi connectivity index (χ0) is 24.4. The minimum atomic E-state index is -1.12. The average Bonchev–Trinajstić information content (AvgIpc) is 2.69. The van der Waals surface area contributed by atoms with Gasteiger partial charge in [0.2, 0.25) is 11.8 Å². The molecular weight excluding hydrogens is 450 g/mol. The number of benzene rings is 1. The van der Waals surface area contributed by atoms with Crippen molar-refractivity contribution in [1.82, 2.24) is 5.32 Å². The van der Waals surface area contributed by atoms with E-state index in [4.69, 9.17) is 21.1 Å². The van der Waals surface area contributed by atoms with E-state index in [1.54, 1.807) is 32.9 Å². The smallest absolute Gasteiger partial charge is 0.309 e. The Morgan fingerprint density at radius 2 is 1.97 bits per heavy atom. The summed E-state index contributed by atoms with van der Waals surface area (Å²) in [7, 11) is 1.53. The Kier molecular flexibility index (Phi) is 7.43. The molecule has 2 amide bonds. The van der Waals surface area contributed by atoms with Gasteiger partial charge in [-0.1, -0.05) is 11.6 Å². The van der Waals surface area contributed by atoms with Crippen LogP contribution in [0.2, 0.25) is 5.02 Å². The number of amides is 2. The summed E-state index contributed by atoms with van der Waals surface area (Å²) in [6, 6.07) is 2.92. The largest absolute Gasteiger partial charge is 0.495 e. The number of anilines is 2. The Morgan fingerprint density at radius 3 is 2.55 bits per heavy atom. The highest BCUT2D eigenvalue weighted by atomic mass is 35.5. The van der Waals surface area contributed by atoms with Gasteiger partial charge in [-0.3, -0.25) is 19.7 Å². The fraction of sp³-hybridized carbons (Fsp3) is 0.609. The van der Waals surface area contributed by atoms with Crippen molar-refractivity contribution in [3.8, 4) is 5.75 Å². The van der Waals surface area contributed by atoms with Gasteiger partial charge in [-0.2, -0.15) is 0 Å². The number of hydrogen-bond acceptors (Lipinski definition) is 8. The van der Waals surface area contributed by atoms with Crippen molar-refractivity contribution in [3.63, 3.8) is 0 Å². The average molecular weight is 482 g/mol. The van der Waals surface area contributed by atoms with Gasteiger partial charge in [0, 0.05) is 25.6 Å². The molecule has 3 N–H and O–H groups in total. The van der Waals surface area contributed by atoms with Crippen LogP contribution in [0.15, 0.2) is 12.1 Å². The van der Waals surface area contributed by atoms with E-state index in [1.165, 1.54) is 7.11 Å². The second-order valence-corrected chi connectivity index (χ2v) is 10.0. The maximum absolute atomic E-state index is 12.2. The van der Waals surface area contributed by atoms with E-state index in [2.05, 4.69) is 10.6 Å². The molecule has 1 atom stereocenters. The Labute approximate surface area is 198 Å². The number of piperidine rings is 2. The fourth-order valence-corrected chi connectivity index (χ4v) is 4.36. The van der Waals surface area contributed by atoms with Crippen LogP contribution in [-0.4, -0.2) is 60.3 Å². The Hall–Kier alpha value is -2.52. The van der Waals surface area contributed by atoms with E-state index in [-0.39, 0.29) is 24.7 Å². The number of ether oxygens (including phenoxy) is 2. The van der Waals surface area contributed by atoms with Gasteiger partial charge >= 0.3 is 5.97 Å². The van der Waals surface area contributed by atoms with Gasteiger partial charge in [0.15, 0.2) is 0 Å². The van der Waals surface area contributed by atoms with Gasteiger partial charge in [-0.25, -0.2) is 0 Å². The molecule has 0 bridgehead atoms. The second-order valence-electron chi connectivity index (χ2n) is 9.63. The number of imide groups is 1. The SMILES string of the molecule is COc1cc(N2CCC(O)(CC(=O)OC(C)(C)C)CC2)c(Cl)cc1NC1CCC(=O)NC1=O. The van der Waals surface area contributed by atoms with E-state index >= 15 is 0 Å². The molecule has 2 heterocycles. The van der Waals surface area contributed by atoms with Gasteiger partial charge in [-0.15, -0.1) is 0 Å². The number of hydrogen-bond donors (Lipinski definition) is 3. The minimum absolute atomic E-state index is 0.0516. The van der Waals surface area contributed by atoms with Crippen LogP contribution in [0, 0.1) is 0 Å². The first-order valence-corrected chi connectivity index (χ1v) is 11.4. The van der Waals surface area contributed by atoms with Gasteiger partial charge in [0.1, 0.15) is 17.4 Å². The molecule has 2 saturated heterocycles. The number of methoxy groups -OCH3 is 1. The first-order valence-electron chi connectivity index (χ1n) is 11.1. The molecule has 33 heavy (non-hydrogen) atoms. The number of nitrogens with one attached hydrogen (secondary N) is 2. The van der Waals surface area contributed by atoms with Gasteiger partial charge in [-0.05, 0) is 46.1 Å². The summed E-state index contributed by atoms with van der Waals surface area (Å²) in [5, 5.41) is 16.8. The van der Waals surface area contributed by atoms with Crippen molar-refractivity contribution in [2.45, 2.75) is 70.1 Å². The zero-order valence-electron chi connectivity index (χ0n) is 19.5. The molecular formula is C23H32ClN3O6. The monoisotopic (exact) mass is 481 g/mol.